The first-order chi connectivity index (χ1) is 10.7. The molecule has 1 heterocycles. The molecule has 22 heavy (non-hydrogen) atoms. The summed E-state index contributed by atoms with van der Waals surface area (Å²) in [5.41, 5.74) is 0.907. The lowest BCUT2D eigenvalue weighted by molar-refractivity contribution is -0.133. The third-order valence-corrected chi connectivity index (χ3v) is 4.07. The van der Waals surface area contributed by atoms with Gasteiger partial charge in [-0.1, -0.05) is 24.3 Å². The van der Waals surface area contributed by atoms with Crippen LogP contribution in [0.25, 0.3) is 21.5 Å². The van der Waals surface area contributed by atoms with E-state index in [0.717, 1.165) is 27.1 Å². The van der Waals surface area contributed by atoms with E-state index in [-0.39, 0.29) is 12.4 Å². The highest BCUT2D eigenvalue weighted by Crippen LogP contribution is 2.47. The van der Waals surface area contributed by atoms with Crippen LogP contribution in [0, 0.1) is 0 Å². The number of carbonyl (C=O) groups excluding carboxylic acids is 1. The van der Waals surface area contributed by atoms with Crippen LogP contribution in [0.1, 0.15) is 5.56 Å². The Morgan fingerprint density at radius 1 is 1.05 bits per heavy atom. The molecule has 4 rings (SSSR count). The normalized spacial score (nSPS) is 13.3. The minimum absolute atomic E-state index is 0.238. The Balaban J connectivity index is 2.28. The van der Waals surface area contributed by atoms with E-state index in [1.54, 1.807) is 14.2 Å². The maximum Gasteiger partial charge on any atom is 0.315 e. The molecule has 0 spiro atoms. The van der Waals surface area contributed by atoms with Crippen molar-refractivity contribution in [3.63, 3.8) is 0 Å². The van der Waals surface area contributed by atoms with Crippen molar-refractivity contribution in [1.29, 1.82) is 0 Å². The molecule has 4 heteroatoms. The molecule has 1 aliphatic rings. The molecule has 0 fully saturated rings. The zero-order chi connectivity index (χ0) is 15.3. The van der Waals surface area contributed by atoms with E-state index in [1.807, 2.05) is 36.4 Å². The van der Waals surface area contributed by atoms with Gasteiger partial charge >= 0.3 is 5.97 Å². The average Bonchev–Trinajstić information content (AvgIpc) is 2.53. The second kappa shape index (κ2) is 4.63. The summed E-state index contributed by atoms with van der Waals surface area (Å²) in [5.74, 6) is 1.62. The van der Waals surface area contributed by atoms with Crippen LogP contribution in [0.15, 0.2) is 36.4 Å². The molecule has 0 aromatic heterocycles. The van der Waals surface area contributed by atoms with Crippen molar-refractivity contribution in [3.05, 3.63) is 42.0 Å². The molecule has 1 aliphatic heterocycles. The van der Waals surface area contributed by atoms with E-state index in [9.17, 15) is 4.79 Å². The smallest absolute Gasteiger partial charge is 0.315 e. The highest BCUT2D eigenvalue weighted by atomic mass is 16.5. The van der Waals surface area contributed by atoms with E-state index in [1.165, 1.54) is 0 Å². The Morgan fingerprint density at radius 2 is 1.86 bits per heavy atom. The first-order valence-corrected chi connectivity index (χ1v) is 7.03. The Hall–Kier alpha value is -2.75. The van der Waals surface area contributed by atoms with Crippen molar-refractivity contribution in [2.75, 3.05) is 14.2 Å². The van der Waals surface area contributed by atoms with Crippen molar-refractivity contribution >= 4 is 27.5 Å². The van der Waals surface area contributed by atoms with Gasteiger partial charge in [0.1, 0.15) is 5.75 Å². The Labute approximate surface area is 127 Å². The number of benzene rings is 3. The van der Waals surface area contributed by atoms with Gasteiger partial charge in [-0.25, -0.2) is 0 Å². The fourth-order valence-corrected chi connectivity index (χ4v) is 3.18. The van der Waals surface area contributed by atoms with Gasteiger partial charge in [0, 0.05) is 10.8 Å². The second-order valence-electron chi connectivity index (χ2n) is 5.27. The van der Waals surface area contributed by atoms with E-state index in [2.05, 4.69) is 0 Å². The number of rotatable bonds is 2. The van der Waals surface area contributed by atoms with E-state index in [4.69, 9.17) is 14.2 Å². The van der Waals surface area contributed by atoms with Crippen LogP contribution in [0.2, 0.25) is 0 Å². The van der Waals surface area contributed by atoms with Gasteiger partial charge in [0.15, 0.2) is 11.5 Å². The number of hydrogen-bond acceptors (Lipinski definition) is 4. The summed E-state index contributed by atoms with van der Waals surface area (Å²) < 4.78 is 16.5. The quantitative estimate of drug-likeness (QED) is 0.412. The number of ether oxygens (including phenoxy) is 3. The fraction of sp³-hybridized carbons (Fsp3) is 0.167. The summed E-state index contributed by atoms with van der Waals surface area (Å²) in [6, 6.07) is 11.7. The predicted octanol–water partition coefficient (Wildman–Crippen LogP) is 3.47. The van der Waals surface area contributed by atoms with Gasteiger partial charge in [-0.05, 0) is 28.5 Å². The third-order valence-electron chi connectivity index (χ3n) is 4.07. The minimum Gasteiger partial charge on any atom is -0.493 e. The fourth-order valence-electron chi connectivity index (χ4n) is 3.18. The van der Waals surface area contributed by atoms with Gasteiger partial charge in [-0.15, -0.1) is 0 Å². The van der Waals surface area contributed by atoms with Crippen molar-refractivity contribution in [2.24, 2.45) is 0 Å². The zero-order valence-electron chi connectivity index (χ0n) is 12.3. The van der Waals surface area contributed by atoms with Gasteiger partial charge in [-0.3, -0.25) is 4.79 Å². The molecule has 3 aromatic rings. The number of fused-ring (bicyclic) bond motifs is 2. The molecule has 0 N–H and O–H groups in total. The lowest BCUT2D eigenvalue weighted by Crippen LogP contribution is -2.16. The third kappa shape index (κ3) is 1.67. The summed E-state index contributed by atoms with van der Waals surface area (Å²) in [6.07, 6.45) is 0.238. The Morgan fingerprint density at radius 3 is 2.64 bits per heavy atom. The predicted molar refractivity (Wildman–Crippen MR) is 83.9 cm³/mol. The second-order valence-corrected chi connectivity index (χ2v) is 5.27. The van der Waals surface area contributed by atoms with Gasteiger partial charge in [-0.2, -0.15) is 0 Å². The van der Waals surface area contributed by atoms with Gasteiger partial charge in [0.25, 0.3) is 0 Å². The van der Waals surface area contributed by atoms with Gasteiger partial charge in [0.05, 0.1) is 20.6 Å². The molecule has 0 bridgehead atoms. The highest BCUT2D eigenvalue weighted by molar-refractivity contribution is 6.17. The summed E-state index contributed by atoms with van der Waals surface area (Å²) in [4.78, 5) is 11.9. The van der Waals surface area contributed by atoms with Crippen molar-refractivity contribution in [2.45, 2.75) is 6.42 Å². The van der Waals surface area contributed by atoms with Crippen LogP contribution >= 0.6 is 0 Å². The van der Waals surface area contributed by atoms with Gasteiger partial charge in [0.2, 0.25) is 0 Å². The molecule has 0 radical (unpaired) electrons. The molecule has 0 unspecified atom stereocenters. The molecule has 0 amide bonds. The number of carbonyl (C=O) groups is 1. The van der Waals surface area contributed by atoms with Crippen LogP contribution in [0.4, 0.5) is 0 Å². The van der Waals surface area contributed by atoms with E-state index >= 15 is 0 Å². The summed E-state index contributed by atoms with van der Waals surface area (Å²) >= 11 is 0. The first kappa shape index (κ1) is 13.0. The van der Waals surface area contributed by atoms with Crippen LogP contribution in [-0.4, -0.2) is 20.2 Å². The lowest BCUT2D eigenvalue weighted by atomic mass is 9.93. The summed E-state index contributed by atoms with van der Waals surface area (Å²) in [7, 11) is 3.22. The maximum atomic E-state index is 11.9. The number of esters is 1. The maximum absolute atomic E-state index is 11.9. The summed E-state index contributed by atoms with van der Waals surface area (Å²) in [5, 5.41) is 3.90. The molecule has 0 aliphatic carbocycles. The van der Waals surface area contributed by atoms with Gasteiger partial charge < -0.3 is 14.2 Å². The van der Waals surface area contributed by atoms with Crippen LogP contribution < -0.4 is 14.2 Å². The number of hydrogen-bond donors (Lipinski definition) is 0. The largest absolute Gasteiger partial charge is 0.493 e. The SMILES string of the molecule is COc1cc2c3c(cc4ccccc4c3c1OC)OC(=O)C2. The molecular formula is C18H14O4. The Bertz CT molecular complexity index is 927. The topological polar surface area (TPSA) is 44.8 Å². The van der Waals surface area contributed by atoms with E-state index in [0.29, 0.717) is 17.2 Å². The van der Waals surface area contributed by atoms with Crippen LogP contribution in [0.3, 0.4) is 0 Å². The average molecular weight is 294 g/mol. The first-order valence-electron chi connectivity index (χ1n) is 7.03. The number of methoxy groups -OCH3 is 2. The van der Waals surface area contributed by atoms with Crippen molar-refractivity contribution < 1.29 is 19.0 Å². The molecular weight excluding hydrogens is 280 g/mol. The lowest BCUT2D eigenvalue weighted by Gasteiger charge is -2.21. The molecule has 3 aromatic carbocycles. The zero-order valence-corrected chi connectivity index (χ0v) is 12.3. The van der Waals surface area contributed by atoms with E-state index < -0.39 is 0 Å². The van der Waals surface area contributed by atoms with Crippen LogP contribution in [0.5, 0.6) is 17.2 Å². The minimum atomic E-state index is -0.253. The monoisotopic (exact) mass is 294 g/mol. The molecule has 4 nitrogen and oxygen atoms in total. The van der Waals surface area contributed by atoms with Crippen molar-refractivity contribution in [1.82, 2.24) is 0 Å². The summed E-state index contributed by atoms with van der Waals surface area (Å²) in [6.45, 7) is 0. The van der Waals surface area contributed by atoms with Crippen LogP contribution in [-0.2, 0) is 11.2 Å². The molecule has 0 atom stereocenters. The molecule has 110 valence electrons. The highest BCUT2D eigenvalue weighted by Gasteiger charge is 2.25. The Kier molecular flexibility index (Phi) is 2.73. The molecule has 0 saturated heterocycles. The molecule has 0 saturated carbocycles. The van der Waals surface area contributed by atoms with Crippen molar-refractivity contribution in [3.8, 4) is 17.2 Å². The standard InChI is InChI=1S/C18H14O4/c1-20-14-8-11-9-15(19)22-13-7-10-5-3-4-6-12(10)17(16(11)13)18(14)21-2/h3-8H,9H2,1-2H3.